The van der Waals surface area contributed by atoms with Gasteiger partial charge in [0.2, 0.25) is 0 Å². The van der Waals surface area contributed by atoms with E-state index >= 15 is 0 Å². The van der Waals surface area contributed by atoms with Gasteiger partial charge in [-0.15, -0.1) is 0 Å². The first-order chi connectivity index (χ1) is 25.3. The maximum atomic E-state index is 9.32. The molecule has 4 aromatic carbocycles. The molecule has 9 nitrogen and oxygen atoms in total. The summed E-state index contributed by atoms with van der Waals surface area (Å²) >= 11 is 0. The van der Waals surface area contributed by atoms with E-state index in [1.165, 1.54) is 0 Å². The quantitative estimate of drug-likeness (QED) is 0.0535. The number of rotatable bonds is 19. The zero-order valence-electron chi connectivity index (χ0n) is 31.0. The van der Waals surface area contributed by atoms with Crippen LogP contribution in [0.5, 0.6) is 11.5 Å². The van der Waals surface area contributed by atoms with E-state index in [2.05, 4.69) is 50.6 Å². The van der Waals surface area contributed by atoms with Crippen molar-refractivity contribution in [1.82, 2.24) is 4.67 Å². The van der Waals surface area contributed by atoms with Crippen LogP contribution in [0.3, 0.4) is 0 Å². The summed E-state index contributed by atoms with van der Waals surface area (Å²) in [4.78, 5) is 0. The van der Waals surface area contributed by atoms with E-state index in [0.717, 1.165) is 33.8 Å². The molecule has 0 aliphatic carbocycles. The van der Waals surface area contributed by atoms with Gasteiger partial charge in [-0.2, -0.15) is 5.26 Å². The van der Waals surface area contributed by atoms with Crippen molar-refractivity contribution in [1.29, 1.82) is 5.26 Å². The van der Waals surface area contributed by atoms with Gasteiger partial charge in [0.1, 0.15) is 35.4 Å². The molecule has 1 unspecified atom stereocenters. The fraction of sp³-hybridized carbons (Fsp3) is 0.405. The zero-order valence-corrected chi connectivity index (χ0v) is 31.9. The SMILES string of the molecule is COc1ccc(C(OC[C@H]2OC[C@H](OCc3ccccc3)[C@@H]2OP(OCCC#N)N(C(C)C)C(C)C)(c2ccccc2)c2ccc(OC)cc2)cc1. The van der Waals surface area contributed by atoms with Gasteiger partial charge in [-0.05, 0) is 74.2 Å². The minimum Gasteiger partial charge on any atom is -0.497 e. The second kappa shape index (κ2) is 19.3. The Morgan fingerprint density at radius 3 is 1.85 bits per heavy atom. The van der Waals surface area contributed by atoms with E-state index in [4.69, 9.17) is 32.7 Å². The van der Waals surface area contributed by atoms with E-state index in [-0.39, 0.29) is 31.7 Å². The second-order valence-electron chi connectivity index (χ2n) is 13.1. The largest absolute Gasteiger partial charge is 0.497 e. The third-order valence-electron chi connectivity index (χ3n) is 9.03. The van der Waals surface area contributed by atoms with Crippen molar-refractivity contribution >= 4 is 8.53 Å². The molecule has 0 saturated carbocycles. The van der Waals surface area contributed by atoms with Crippen LogP contribution in [0, 0.1) is 11.3 Å². The van der Waals surface area contributed by atoms with Crippen molar-refractivity contribution < 1.29 is 32.7 Å². The Morgan fingerprint density at radius 1 is 0.788 bits per heavy atom. The number of ether oxygens (including phenoxy) is 5. The van der Waals surface area contributed by atoms with Crippen molar-refractivity contribution in [3.63, 3.8) is 0 Å². The highest BCUT2D eigenvalue weighted by molar-refractivity contribution is 7.44. The Kier molecular flexibility index (Phi) is 14.6. The minimum absolute atomic E-state index is 0.129. The summed E-state index contributed by atoms with van der Waals surface area (Å²) in [6, 6.07) is 38.7. The second-order valence-corrected chi connectivity index (χ2v) is 14.5. The van der Waals surface area contributed by atoms with Gasteiger partial charge in [0.15, 0.2) is 0 Å². The summed E-state index contributed by atoms with van der Waals surface area (Å²) in [5.74, 6) is 1.49. The first kappa shape index (κ1) is 39.4. The van der Waals surface area contributed by atoms with Crippen molar-refractivity contribution in [2.75, 3.05) is 34.0 Å². The van der Waals surface area contributed by atoms with E-state index in [0.29, 0.717) is 13.2 Å². The van der Waals surface area contributed by atoms with E-state index in [9.17, 15) is 5.26 Å². The van der Waals surface area contributed by atoms with Gasteiger partial charge < -0.3 is 32.7 Å². The summed E-state index contributed by atoms with van der Waals surface area (Å²) < 4.78 is 47.0. The molecule has 0 bridgehead atoms. The normalized spacial score (nSPS) is 18.1. The maximum absolute atomic E-state index is 9.32. The van der Waals surface area contributed by atoms with Gasteiger partial charge >= 0.3 is 0 Å². The van der Waals surface area contributed by atoms with Gasteiger partial charge in [-0.25, -0.2) is 4.67 Å². The lowest BCUT2D eigenvalue weighted by atomic mass is 9.80. The molecular weight excluding hydrogens is 675 g/mol. The predicted molar refractivity (Wildman–Crippen MR) is 203 cm³/mol. The van der Waals surface area contributed by atoms with Crippen molar-refractivity contribution in [2.24, 2.45) is 0 Å². The predicted octanol–water partition coefficient (Wildman–Crippen LogP) is 8.66. The molecule has 1 heterocycles. The van der Waals surface area contributed by atoms with Crippen LogP contribution in [0.25, 0.3) is 0 Å². The van der Waals surface area contributed by atoms with Crippen molar-refractivity contribution in [2.45, 2.75) is 76.7 Å². The molecule has 1 aliphatic heterocycles. The smallest absolute Gasteiger partial charge is 0.259 e. The monoisotopic (exact) mass is 726 g/mol. The number of benzene rings is 4. The molecule has 4 atom stereocenters. The van der Waals surface area contributed by atoms with Crippen LogP contribution in [-0.4, -0.2) is 69.1 Å². The fourth-order valence-corrected chi connectivity index (χ4v) is 8.31. The highest BCUT2D eigenvalue weighted by Gasteiger charge is 2.46. The van der Waals surface area contributed by atoms with E-state index in [1.807, 2.05) is 97.1 Å². The lowest BCUT2D eigenvalue weighted by molar-refractivity contribution is -0.0726. The molecule has 4 aromatic rings. The van der Waals surface area contributed by atoms with Gasteiger partial charge in [-0.3, -0.25) is 0 Å². The number of methoxy groups -OCH3 is 2. The Labute approximate surface area is 310 Å². The lowest BCUT2D eigenvalue weighted by Crippen LogP contribution is -2.42. The van der Waals surface area contributed by atoms with Gasteiger partial charge in [0, 0.05) is 12.1 Å². The molecule has 52 heavy (non-hydrogen) atoms. The first-order valence-electron chi connectivity index (χ1n) is 17.8. The Morgan fingerprint density at radius 2 is 1.33 bits per heavy atom. The number of nitrogens with zero attached hydrogens (tertiary/aromatic N) is 2. The highest BCUT2D eigenvalue weighted by Crippen LogP contribution is 2.49. The van der Waals surface area contributed by atoms with Crippen LogP contribution in [0.4, 0.5) is 0 Å². The lowest BCUT2D eigenvalue weighted by Gasteiger charge is -2.39. The molecule has 0 amide bonds. The zero-order chi connectivity index (χ0) is 36.9. The molecule has 276 valence electrons. The van der Waals surface area contributed by atoms with Gasteiger partial charge in [0.25, 0.3) is 8.53 Å². The Bertz CT molecular complexity index is 1610. The molecule has 0 N–H and O–H groups in total. The van der Waals surface area contributed by atoms with Crippen LogP contribution in [0.1, 0.15) is 56.4 Å². The number of hydrogen-bond donors (Lipinski definition) is 0. The van der Waals surface area contributed by atoms with Crippen molar-refractivity contribution in [3.05, 3.63) is 131 Å². The molecule has 10 heteroatoms. The summed E-state index contributed by atoms with van der Waals surface area (Å²) in [6.07, 6.45) is -1.17. The summed E-state index contributed by atoms with van der Waals surface area (Å²) in [7, 11) is 1.73. The Hall–Kier alpha value is -3.84. The molecular formula is C42H51N2O7P. The molecule has 1 saturated heterocycles. The average Bonchev–Trinajstić information content (AvgIpc) is 3.55. The molecule has 1 aliphatic rings. The van der Waals surface area contributed by atoms with Gasteiger partial charge in [0.05, 0.1) is 53.1 Å². The molecule has 5 rings (SSSR count). The average molecular weight is 727 g/mol. The molecule has 0 spiro atoms. The fourth-order valence-electron chi connectivity index (χ4n) is 6.53. The number of nitriles is 1. The summed E-state index contributed by atoms with van der Waals surface area (Å²) in [6.45, 7) is 9.65. The van der Waals surface area contributed by atoms with E-state index < -0.39 is 32.4 Å². The van der Waals surface area contributed by atoms with Crippen LogP contribution in [0.15, 0.2) is 109 Å². The summed E-state index contributed by atoms with van der Waals surface area (Å²) in [5.41, 5.74) is 2.81. The van der Waals surface area contributed by atoms with Crippen LogP contribution in [-0.2, 0) is 35.5 Å². The van der Waals surface area contributed by atoms with Gasteiger partial charge in [-0.1, -0.05) is 84.9 Å². The highest BCUT2D eigenvalue weighted by atomic mass is 31.2. The van der Waals surface area contributed by atoms with Crippen LogP contribution in [0.2, 0.25) is 0 Å². The van der Waals surface area contributed by atoms with E-state index in [1.54, 1.807) is 14.2 Å². The molecule has 0 aromatic heterocycles. The standard InChI is InChI=1S/C42H51N2O7P/c1-31(2)44(32(3)4)52(50-27-13-26-43)51-41-39(47-28-33-14-9-7-10-15-33)29-48-40(41)30-49-42(34-16-11-8-12-17-34,35-18-22-37(45-5)23-19-35)36-20-24-38(46-6)25-21-36/h7-12,14-25,31-32,39-41H,13,27-30H2,1-6H3/t39-,40+,41-,52?/m0/s1. The van der Waals surface area contributed by atoms with Crippen molar-refractivity contribution in [3.8, 4) is 17.6 Å². The molecule has 1 fully saturated rings. The van der Waals surface area contributed by atoms with Crippen LogP contribution < -0.4 is 9.47 Å². The maximum Gasteiger partial charge on any atom is 0.259 e. The Balaban J connectivity index is 1.54. The van der Waals surface area contributed by atoms with Crippen LogP contribution >= 0.6 is 8.53 Å². The third-order valence-corrected chi connectivity index (χ3v) is 11.2. The number of hydrogen-bond acceptors (Lipinski definition) is 9. The minimum atomic E-state index is -1.59. The molecule has 0 radical (unpaired) electrons. The summed E-state index contributed by atoms with van der Waals surface area (Å²) in [5, 5.41) is 9.32. The first-order valence-corrected chi connectivity index (χ1v) is 18.9. The topological polar surface area (TPSA) is 91.6 Å². The third kappa shape index (κ3) is 9.57.